The van der Waals surface area contributed by atoms with Gasteiger partial charge in [-0.15, -0.1) is 0 Å². The standard InChI is InChI=1S/C52H103N3O3/c1-5-9-13-17-19-25-35-48(33-23-15-11-7-3)45-53-51(57)37-29-21-27-31-47(41-42-55(43-44-56)50-39-40-50)32-28-22-30-38-52(58)54-46-49(34-24-16-12-8-4)36-26-20-18-14-10-6-2/h47-50,56H,5-46H2,1-4H3,(H,53,57)(H,54,58). The highest BCUT2D eigenvalue weighted by molar-refractivity contribution is 5.76. The van der Waals surface area contributed by atoms with Crippen LogP contribution in [0.25, 0.3) is 0 Å². The minimum atomic E-state index is 0.253. The molecule has 0 spiro atoms. The summed E-state index contributed by atoms with van der Waals surface area (Å²) in [6, 6.07) is 0.688. The maximum atomic E-state index is 12.9. The fourth-order valence-corrected chi connectivity index (χ4v) is 9.15. The van der Waals surface area contributed by atoms with Crippen LogP contribution in [0.3, 0.4) is 0 Å². The number of hydrogen-bond acceptors (Lipinski definition) is 4. The number of amides is 2. The van der Waals surface area contributed by atoms with Crippen LogP contribution in [0.5, 0.6) is 0 Å². The van der Waals surface area contributed by atoms with Crippen molar-refractivity contribution in [3.05, 3.63) is 0 Å². The van der Waals surface area contributed by atoms with E-state index in [9.17, 15) is 14.7 Å². The van der Waals surface area contributed by atoms with Gasteiger partial charge in [0.15, 0.2) is 0 Å². The number of carbonyl (C=O) groups is 2. The van der Waals surface area contributed by atoms with Crippen LogP contribution < -0.4 is 10.6 Å². The Labute approximate surface area is 362 Å². The van der Waals surface area contributed by atoms with Gasteiger partial charge in [-0.05, 0) is 82.1 Å². The molecule has 2 atom stereocenters. The maximum Gasteiger partial charge on any atom is 0.220 e. The molecule has 1 aliphatic carbocycles. The summed E-state index contributed by atoms with van der Waals surface area (Å²) >= 11 is 0. The number of aliphatic hydroxyl groups excluding tert-OH is 1. The Morgan fingerprint density at radius 2 is 0.776 bits per heavy atom. The fraction of sp³-hybridized carbons (Fsp3) is 0.962. The van der Waals surface area contributed by atoms with Gasteiger partial charge in [-0.25, -0.2) is 0 Å². The maximum absolute atomic E-state index is 12.9. The van der Waals surface area contributed by atoms with Crippen molar-refractivity contribution in [3.63, 3.8) is 0 Å². The molecule has 0 aromatic carbocycles. The molecular formula is C52H103N3O3. The Bertz CT molecular complexity index is 837. The van der Waals surface area contributed by atoms with Crippen molar-refractivity contribution < 1.29 is 14.7 Å². The normalized spacial score (nSPS) is 14.5. The lowest BCUT2D eigenvalue weighted by Gasteiger charge is -2.24. The number of carbonyl (C=O) groups excluding carboxylic acids is 2. The lowest BCUT2D eigenvalue weighted by Crippen LogP contribution is -2.31. The molecule has 3 N–H and O–H groups in total. The van der Waals surface area contributed by atoms with E-state index in [4.69, 9.17) is 0 Å². The predicted octanol–water partition coefficient (Wildman–Crippen LogP) is 14.3. The van der Waals surface area contributed by atoms with Crippen LogP contribution in [-0.4, -0.2) is 60.6 Å². The molecule has 0 radical (unpaired) electrons. The summed E-state index contributed by atoms with van der Waals surface area (Å²) in [5.74, 6) is 2.48. The summed E-state index contributed by atoms with van der Waals surface area (Å²) in [4.78, 5) is 28.3. The minimum Gasteiger partial charge on any atom is -0.395 e. The van der Waals surface area contributed by atoms with Crippen LogP contribution in [0.2, 0.25) is 0 Å². The quantitative estimate of drug-likeness (QED) is 0.0535. The van der Waals surface area contributed by atoms with Crippen molar-refractivity contribution in [1.29, 1.82) is 0 Å². The average molecular weight is 818 g/mol. The van der Waals surface area contributed by atoms with E-state index < -0.39 is 0 Å². The number of unbranched alkanes of at least 4 members (excludes halogenated alkanes) is 20. The molecular weight excluding hydrogens is 715 g/mol. The Morgan fingerprint density at radius 3 is 1.14 bits per heavy atom. The molecule has 0 bridgehead atoms. The average Bonchev–Trinajstić information content (AvgIpc) is 4.08. The summed E-state index contributed by atoms with van der Waals surface area (Å²) < 4.78 is 0. The van der Waals surface area contributed by atoms with Gasteiger partial charge in [0.25, 0.3) is 0 Å². The number of nitrogens with one attached hydrogen (secondary N) is 2. The molecule has 1 fully saturated rings. The van der Waals surface area contributed by atoms with Gasteiger partial charge in [0.05, 0.1) is 6.61 Å². The molecule has 0 aromatic rings. The van der Waals surface area contributed by atoms with Gasteiger partial charge in [0.2, 0.25) is 11.8 Å². The molecule has 344 valence electrons. The first-order chi connectivity index (χ1) is 28.5. The number of aliphatic hydroxyl groups is 1. The van der Waals surface area contributed by atoms with E-state index in [-0.39, 0.29) is 18.4 Å². The third-order valence-electron chi connectivity index (χ3n) is 13.3. The van der Waals surface area contributed by atoms with Gasteiger partial charge < -0.3 is 15.7 Å². The van der Waals surface area contributed by atoms with Crippen molar-refractivity contribution >= 4 is 11.8 Å². The van der Waals surface area contributed by atoms with Crippen molar-refractivity contribution in [2.45, 2.75) is 271 Å². The second kappa shape index (κ2) is 41.2. The number of nitrogens with zero attached hydrogens (tertiary/aromatic N) is 1. The Morgan fingerprint density at radius 1 is 0.448 bits per heavy atom. The van der Waals surface area contributed by atoms with Crippen molar-refractivity contribution in [1.82, 2.24) is 15.5 Å². The Hall–Kier alpha value is -1.14. The van der Waals surface area contributed by atoms with E-state index in [1.54, 1.807) is 0 Å². The van der Waals surface area contributed by atoms with Gasteiger partial charge in [0.1, 0.15) is 0 Å². The molecule has 1 saturated carbocycles. The topological polar surface area (TPSA) is 81.7 Å². The van der Waals surface area contributed by atoms with Crippen molar-refractivity contribution in [2.24, 2.45) is 17.8 Å². The lowest BCUT2D eigenvalue weighted by molar-refractivity contribution is -0.122. The zero-order chi connectivity index (χ0) is 42.2. The van der Waals surface area contributed by atoms with E-state index in [0.717, 1.165) is 51.9 Å². The molecule has 0 heterocycles. The van der Waals surface area contributed by atoms with Gasteiger partial charge in [-0.1, -0.05) is 195 Å². The van der Waals surface area contributed by atoms with Gasteiger partial charge >= 0.3 is 0 Å². The molecule has 58 heavy (non-hydrogen) atoms. The van der Waals surface area contributed by atoms with E-state index >= 15 is 0 Å². The zero-order valence-electron chi connectivity index (χ0n) is 39.7. The third-order valence-corrected chi connectivity index (χ3v) is 13.3. The summed E-state index contributed by atoms with van der Waals surface area (Å²) in [5.41, 5.74) is 0. The van der Waals surface area contributed by atoms with Crippen LogP contribution in [0.4, 0.5) is 0 Å². The molecule has 1 rings (SSSR count). The number of hydrogen-bond donors (Lipinski definition) is 3. The summed E-state index contributed by atoms with van der Waals surface area (Å²) in [6.07, 6.45) is 45.8. The lowest BCUT2D eigenvalue weighted by atomic mass is 9.91. The van der Waals surface area contributed by atoms with Crippen LogP contribution in [0.1, 0.15) is 265 Å². The summed E-state index contributed by atoms with van der Waals surface area (Å²) in [6.45, 7) is 13.0. The monoisotopic (exact) mass is 818 g/mol. The van der Waals surface area contributed by atoms with E-state index in [0.29, 0.717) is 36.6 Å². The largest absolute Gasteiger partial charge is 0.395 e. The van der Waals surface area contributed by atoms with Gasteiger partial charge in [0, 0.05) is 38.5 Å². The Balaban J connectivity index is 2.44. The molecule has 2 unspecified atom stereocenters. The highest BCUT2D eigenvalue weighted by Crippen LogP contribution is 2.29. The first-order valence-corrected chi connectivity index (χ1v) is 26.3. The van der Waals surface area contributed by atoms with Gasteiger partial charge in [-0.2, -0.15) is 0 Å². The molecule has 0 saturated heterocycles. The molecule has 0 aliphatic heterocycles. The first kappa shape index (κ1) is 54.9. The minimum absolute atomic E-state index is 0.253. The van der Waals surface area contributed by atoms with Crippen molar-refractivity contribution in [2.75, 3.05) is 32.8 Å². The van der Waals surface area contributed by atoms with Crippen LogP contribution >= 0.6 is 0 Å². The number of rotatable bonds is 46. The smallest absolute Gasteiger partial charge is 0.220 e. The van der Waals surface area contributed by atoms with Crippen LogP contribution in [0, 0.1) is 17.8 Å². The van der Waals surface area contributed by atoms with E-state index in [1.807, 2.05) is 0 Å². The molecule has 0 aromatic heterocycles. The fourth-order valence-electron chi connectivity index (χ4n) is 9.15. The molecule has 6 heteroatoms. The van der Waals surface area contributed by atoms with Crippen LogP contribution in [-0.2, 0) is 9.59 Å². The first-order valence-electron chi connectivity index (χ1n) is 26.3. The highest BCUT2D eigenvalue weighted by atomic mass is 16.3. The summed E-state index contributed by atoms with van der Waals surface area (Å²) in [7, 11) is 0. The van der Waals surface area contributed by atoms with Crippen LogP contribution in [0.15, 0.2) is 0 Å². The second-order valence-corrected chi connectivity index (χ2v) is 19.0. The second-order valence-electron chi connectivity index (χ2n) is 19.0. The molecule has 1 aliphatic rings. The van der Waals surface area contributed by atoms with E-state index in [2.05, 4.69) is 43.2 Å². The zero-order valence-corrected chi connectivity index (χ0v) is 39.7. The summed E-state index contributed by atoms with van der Waals surface area (Å²) in [5, 5.41) is 16.3. The Kier molecular flexibility index (Phi) is 39.0. The van der Waals surface area contributed by atoms with E-state index in [1.165, 1.54) is 199 Å². The van der Waals surface area contributed by atoms with Gasteiger partial charge in [-0.3, -0.25) is 14.5 Å². The predicted molar refractivity (Wildman–Crippen MR) is 252 cm³/mol. The third kappa shape index (κ3) is 34.6. The van der Waals surface area contributed by atoms with Crippen molar-refractivity contribution in [3.8, 4) is 0 Å². The SMILES string of the molecule is CCCCCCCCC(CCCCCC)CNC(=O)CCCCCC(CCCCCC(=O)NCC(CCCCCC)CCCCCCCC)CCN(CCO)C1CC1. The molecule has 6 nitrogen and oxygen atoms in total. The highest BCUT2D eigenvalue weighted by Gasteiger charge is 2.28. The molecule has 2 amide bonds.